The van der Waals surface area contributed by atoms with Crippen LogP contribution in [-0.4, -0.2) is 54.4 Å². The Morgan fingerprint density at radius 3 is 2.81 bits per heavy atom. The summed E-state index contributed by atoms with van der Waals surface area (Å²) in [7, 11) is 0. The Bertz CT molecular complexity index is 509. The van der Waals surface area contributed by atoms with Gasteiger partial charge in [0.1, 0.15) is 0 Å². The molecule has 26 heavy (non-hydrogen) atoms. The van der Waals surface area contributed by atoms with Crippen LogP contribution in [0.2, 0.25) is 0 Å². The van der Waals surface area contributed by atoms with Crippen molar-refractivity contribution < 1.29 is 14.6 Å². The number of aliphatic hydroxyl groups excluding tert-OH is 1. The molecule has 1 saturated heterocycles. The van der Waals surface area contributed by atoms with E-state index in [1.54, 1.807) is 0 Å². The minimum atomic E-state index is -0.346. The number of hydrogen-bond acceptors (Lipinski definition) is 4. The van der Waals surface area contributed by atoms with E-state index in [0.717, 1.165) is 50.6 Å². The van der Waals surface area contributed by atoms with Crippen molar-refractivity contribution in [3.05, 3.63) is 35.9 Å². The summed E-state index contributed by atoms with van der Waals surface area (Å²) in [4.78, 5) is 14.4. The van der Waals surface area contributed by atoms with Crippen molar-refractivity contribution in [2.45, 2.75) is 63.5 Å². The van der Waals surface area contributed by atoms with Crippen LogP contribution in [-0.2, 0) is 16.0 Å². The molecule has 1 aromatic carbocycles. The van der Waals surface area contributed by atoms with E-state index in [-0.39, 0.29) is 18.1 Å². The van der Waals surface area contributed by atoms with E-state index in [1.807, 2.05) is 35.2 Å². The molecule has 5 heteroatoms. The zero-order chi connectivity index (χ0) is 18.6. The molecule has 1 heterocycles. The molecule has 1 aromatic rings. The Hall–Kier alpha value is -1.43. The fourth-order valence-electron chi connectivity index (χ4n) is 3.64. The lowest BCUT2D eigenvalue weighted by molar-refractivity contribution is -0.136. The predicted molar refractivity (Wildman–Crippen MR) is 104 cm³/mol. The lowest BCUT2D eigenvalue weighted by Gasteiger charge is -2.36. The highest BCUT2D eigenvalue weighted by Gasteiger charge is 2.27. The second-order valence-electron chi connectivity index (χ2n) is 7.16. The van der Waals surface area contributed by atoms with Crippen LogP contribution in [0.1, 0.15) is 50.5 Å². The maximum absolute atomic E-state index is 12.3. The number of carbonyl (C=O) groups excluding carboxylic acids is 1. The third kappa shape index (κ3) is 7.44. The number of rotatable bonds is 12. The topological polar surface area (TPSA) is 75.8 Å². The molecule has 1 amide bonds. The number of unbranched alkanes of at least 4 members (excludes halogenated alkanes) is 1. The Labute approximate surface area is 157 Å². The maximum atomic E-state index is 12.3. The molecule has 0 aliphatic carbocycles. The summed E-state index contributed by atoms with van der Waals surface area (Å²) in [6.07, 6.45) is 6.54. The Kier molecular flexibility index (Phi) is 9.67. The molecule has 5 nitrogen and oxygen atoms in total. The van der Waals surface area contributed by atoms with Crippen molar-refractivity contribution in [1.29, 1.82) is 0 Å². The molecule has 2 rings (SSSR count). The van der Waals surface area contributed by atoms with E-state index in [1.165, 1.54) is 0 Å². The molecule has 2 unspecified atom stereocenters. The van der Waals surface area contributed by atoms with Gasteiger partial charge in [0, 0.05) is 32.2 Å². The summed E-state index contributed by atoms with van der Waals surface area (Å²) in [5.74, 6) is 0.265. The molecule has 1 aliphatic rings. The monoisotopic (exact) mass is 362 g/mol. The van der Waals surface area contributed by atoms with Gasteiger partial charge in [0.2, 0.25) is 5.91 Å². The van der Waals surface area contributed by atoms with E-state index in [0.29, 0.717) is 32.6 Å². The molecule has 1 fully saturated rings. The second kappa shape index (κ2) is 12.0. The predicted octanol–water partition coefficient (Wildman–Crippen LogP) is 2.51. The number of piperidine rings is 1. The summed E-state index contributed by atoms with van der Waals surface area (Å²) in [5, 5.41) is 10.4. The highest BCUT2D eigenvalue weighted by atomic mass is 16.5. The van der Waals surface area contributed by atoms with Gasteiger partial charge in [0.05, 0.1) is 12.7 Å². The minimum absolute atomic E-state index is 0.265. The lowest BCUT2D eigenvalue weighted by Crippen LogP contribution is -2.44. The van der Waals surface area contributed by atoms with Gasteiger partial charge in [-0.2, -0.15) is 0 Å². The first-order valence-corrected chi connectivity index (χ1v) is 10.00. The van der Waals surface area contributed by atoms with Crippen molar-refractivity contribution in [3.63, 3.8) is 0 Å². The van der Waals surface area contributed by atoms with Crippen LogP contribution in [0.5, 0.6) is 0 Å². The highest BCUT2D eigenvalue weighted by molar-refractivity contribution is 5.77. The Balaban J connectivity index is 1.73. The van der Waals surface area contributed by atoms with E-state index in [4.69, 9.17) is 10.5 Å². The van der Waals surface area contributed by atoms with Crippen molar-refractivity contribution in [2.75, 3.05) is 26.3 Å². The summed E-state index contributed by atoms with van der Waals surface area (Å²) in [6.45, 7) is 2.66. The molecular formula is C21H34N2O3. The lowest BCUT2D eigenvalue weighted by atomic mass is 9.94. The zero-order valence-electron chi connectivity index (χ0n) is 15.8. The molecule has 1 aliphatic heterocycles. The number of nitrogens with zero attached hydrogens (tertiary/aromatic N) is 1. The number of ether oxygens (including phenoxy) is 1. The fourth-order valence-corrected chi connectivity index (χ4v) is 3.64. The number of nitrogens with two attached hydrogens (primary N) is 1. The first-order chi connectivity index (χ1) is 12.7. The largest absolute Gasteiger partial charge is 0.393 e. The van der Waals surface area contributed by atoms with E-state index in [2.05, 4.69) is 0 Å². The highest BCUT2D eigenvalue weighted by Crippen LogP contribution is 2.23. The van der Waals surface area contributed by atoms with Gasteiger partial charge in [-0.1, -0.05) is 30.3 Å². The van der Waals surface area contributed by atoms with Crippen LogP contribution in [0.3, 0.4) is 0 Å². The second-order valence-corrected chi connectivity index (χ2v) is 7.16. The molecule has 3 N–H and O–H groups in total. The number of benzene rings is 1. The van der Waals surface area contributed by atoms with Crippen molar-refractivity contribution in [2.24, 2.45) is 5.73 Å². The van der Waals surface area contributed by atoms with Crippen LogP contribution in [0.4, 0.5) is 0 Å². The Morgan fingerprint density at radius 2 is 2.04 bits per heavy atom. The number of hydrogen-bond donors (Lipinski definition) is 2. The number of likely N-dealkylation sites (tertiary alicyclic amines) is 1. The van der Waals surface area contributed by atoms with Crippen molar-refractivity contribution in [1.82, 2.24) is 4.90 Å². The number of aliphatic hydroxyl groups is 1. The van der Waals surface area contributed by atoms with Gasteiger partial charge in [-0.3, -0.25) is 4.79 Å². The van der Waals surface area contributed by atoms with Crippen LogP contribution in [0.25, 0.3) is 0 Å². The molecule has 0 aromatic heterocycles. The average Bonchev–Trinajstić information content (AvgIpc) is 2.65. The third-order valence-corrected chi connectivity index (χ3v) is 5.04. The van der Waals surface area contributed by atoms with E-state index >= 15 is 0 Å². The van der Waals surface area contributed by atoms with E-state index in [9.17, 15) is 9.90 Å². The van der Waals surface area contributed by atoms with Gasteiger partial charge in [0.15, 0.2) is 0 Å². The molecule has 0 bridgehead atoms. The van der Waals surface area contributed by atoms with Gasteiger partial charge in [-0.05, 0) is 50.5 Å². The molecular weight excluding hydrogens is 328 g/mol. The summed E-state index contributed by atoms with van der Waals surface area (Å²) in [5.41, 5.74) is 6.57. The smallest absolute Gasteiger partial charge is 0.222 e. The van der Waals surface area contributed by atoms with Crippen molar-refractivity contribution >= 4 is 5.91 Å². The quantitative estimate of drug-likeness (QED) is 0.560. The first-order valence-electron chi connectivity index (χ1n) is 10.00. The van der Waals surface area contributed by atoms with Gasteiger partial charge < -0.3 is 20.5 Å². The SMILES string of the molecule is NCCOCCCCN1C(=O)CCCC1CCC(O)Cc1ccccc1. The fraction of sp³-hybridized carbons (Fsp3) is 0.667. The summed E-state index contributed by atoms with van der Waals surface area (Å²) >= 11 is 0. The molecule has 2 atom stereocenters. The summed E-state index contributed by atoms with van der Waals surface area (Å²) in [6, 6.07) is 10.4. The minimum Gasteiger partial charge on any atom is -0.393 e. The standard InChI is InChI=1S/C21H34N2O3/c22-13-16-26-15-5-4-14-23-19(9-6-10-21(23)25)11-12-20(24)17-18-7-2-1-3-8-18/h1-3,7-8,19-20,24H,4-6,9-17,22H2. The van der Waals surface area contributed by atoms with Crippen LogP contribution < -0.4 is 5.73 Å². The van der Waals surface area contributed by atoms with Crippen LogP contribution in [0.15, 0.2) is 30.3 Å². The molecule has 0 saturated carbocycles. The maximum Gasteiger partial charge on any atom is 0.222 e. The van der Waals surface area contributed by atoms with Crippen molar-refractivity contribution in [3.8, 4) is 0 Å². The van der Waals surface area contributed by atoms with Gasteiger partial charge in [-0.25, -0.2) is 0 Å². The summed E-state index contributed by atoms with van der Waals surface area (Å²) < 4.78 is 5.40. The molecule has 146 valence electrons. The van der Waals surface area contributed by atoms with Gasteiger partial charge >= 0.3 is 0 Å². The molecule has 0 radical (unpaired) electrons. The normalized spacial score (nSPS) is 18.9. The first kappa shape index (κ1) is 20.9. The average molecular weight is 363 g/mol. The van der Waals surface area contributed by atoms with Gasteiger partial charge in [-0.15, -0.1) is 0 Å². The number of carbonyl (C=O) groups is 1. The van der Waals surface area contributed by atoms with Gasteiger partial charge in [0.25, 0.3) is 0 Å². The molecule has 0 spiro atoms. The van der Waals surface area contributed by atoms with Crippen LogP contribution in [0, 0.1) is 0 Å². The third-order valence-electron chi connectivity index (χ3n) is 5.04. The van der Waals surface area contributed by atoms with E-state index < -0.39 is 0 Å². The zero-order valence-corrected chi connectivity index (χ0v) is 15.8. The van der Waals surface area contributed by atoms with Crippen LogP contribution >= 0.6 is 0 Å². The Morgan fingerprint density at radius 1 is 1.23 bits per heavy atom. The number of amides is 1.